The van der Waals surface area contributed by atoms with Gasteiger partial charge in [0.25, 0.3) is 0 Å². The van der Waals surface area contributed by atoms with Crippen LogP contribution in [0.2, 0.25) is 0 Å². The number of nitrogens with one attached hydrogen (secondary N) is 1. The molecule has 27 heavy (non-hydrogen) atoms. The molecule has 0 radical (unpaired) electrons. The van der Waals surface area contributed by atoms with Crippen LogP contribution in [0.5, 0.6) is 11.5 Å². The van der Waals surface area contributed by atoms with Crippen LogP contribution in [-0.4, -0.2) is 38.7 Å². The summed E-state index contributed by atoms with van der Waals surface area (Å²) in [5.74, 6) is 4.32. The van der Waals surface area contributed by atoms with Gasteiger partial charge >= 0.3 is 0 Å². The molecule has 148 valence electrons. The lowest BCUT2D eigenvalue weighted by molar-refractivity contribution is 0.346. The van der Waals surface area contributed by atoms with Crippen LogP contribution in [0.25, 0.3) is 0 Å². The number of aliphatic imine (C=N–C) groups is 1. The first-order valence-corrected chi connectivity index (χ1v) is 8.81. The molecule has 0 unspecified atom stereocenters. The van der Waals surface area contributed by atoms with Crippen LogP contribution in [0, 0.1) is 13.8 Å². The number of furan rings is 1. The maximum Gasteiger partial charge on any atom is 0.194 e. The minimum atomic E-state index is 0. The normalized spacial score (nSPS) is 13.7. The summed E-state index contributed by atoms with van der Waals surface area (Å²) in [6, 6.07) is 6.22. The Kier molecular flexibility index (Phi) is 7.41. The van der Waals surface area contributed by atoms with Gasteiger partial charge in [-0.05, 0) is 49.6 Å². The van der Waals surface area contributed by atoms with Crippen molar-refractivity contribution in [3.63, 3.8) is 0 Å². The highest BCUT2D eigenvalue weighted by Crippen LogP contribution is 2.33. The molecule has 7 heteroatoms. The first-order chi connectivity index (χ1) is 12.5. The van der Waals surface area contributed by atoms with E-state index in [1.807, 2.05) is 20.9 Å². The van der Waals surface area contributed by atoms with Gasteiger partial charge in [-0.2, -0.15) is 0 Å². The summed E-state index contributed by atoms with van der Waals surface area (Å²) in [5, 5.41) is 3.45. The Bertz CT molecular complexity index is 817. The largest absolute Gasteiger partial charge is 0.493 e. The SMILES string of the molecule is CN=C(NCc1cc(C)oc1C)N1CCc2cc(OC)c(OC)cc2C1.I. The molecule has 1 aliphatic rings. The predicted octanol–water partition coefficient (Wildman–Crippen LogP) is 3.67. The van der Waals surface area contributed by atoms with Gasteiger partial charge in [0.1, 0.15) is 11.5 Å². The van der Waals surface area contributed by atoms with E-state index in [-0.39, 0.29) is 24.0 Å². The number of benzene rings is 1. The number of fused-ring (bicyclic) bond motifs is 1. The Morgan fingerprint density at radius 1 is 1.15 bits per heavy atom. The molecule has 2 heterocycles. The van der Waals surface area contributed by atoms with Gasteiger partial charge in [0.05, 0.1) is 14.2 Å². The van der Waals surface area contributed by atoms with Crippen molar-refractivity contribution in [3.05, 3.63) is 46.4 Å². The zero-order valence-electron chi connectivity index (χ0n) is 16.6. The van der Waals surface area contributed by atoms with E-state index in [1.54, 1.807) is 14.2 Å². The third-order valence-corrected chi connectivity index (χ3v) is 4.81. The minimum Gasteiger partial charge on any atom is -0.493 e. The van der Waals surface area contributed by atoms with E-state index in [9.17, 15) is 0 Å². The standard InChI is InChI=1S/C20H27N3O3.HI/c1-13-8-16(14(2)26-13)11-22-20(21-3)23-7-6-15-9-18(24-4)19(25-5)10-17(15)12-23;/h8-10H,6-7,11-12H2,1-5H3,(H,21,22);1H. The van der Waals surface area contributed by atoms with E-state index in [4.69, 9.17) is 13.9 Å². The van der Waals surface area contributed by atoms with E-state index < -0.39 is 0 Å². The number of hydrogen-bond donors (Lipinski definition) is 1. The monoisotopic (exact) mass is 485 g/mol. The number of rotatable bonds is 4. The molecule has 1 N–H and O–H groups in total. The van der Waals surface area contributed by atoms with Crippen molar-refractivity contribution in [3.8, 4) is 11.5 Å². The van der Waals surface area contributed by atoms with Crippen molar-refractivity contribution >= 4 is 29.9 Å². The smallest absolute Gasteiger partial charge is 0.194 e. The average molecular weight is 485 g/mol. The fraction of sp³-hybridized carbons (Fsp3) is 0.450. The van der Waals surface area contributed by atoms with Gasteiger partial charge in [0, 0.05) is 32.2 Å². The van der Waals surface area contributed by atoms with Crippen LogP contribution in [0.4, 0.5) is 0 Å². The number of hydrogen-bond acceptors (Lipinski definition) is 4. The van der Waals surface area contributed by atoms with Gasteiger partial charge in [0.2, 0.25) is 0 Å². The topological polar surface area (TPSA) is 59.2 Å². The maximum absolute atomic E-state index is 5.60. The lowest BCUT2D eigenvalue weighted by Crippen LogP contribution is -2.43. The highest BCUT2D eigenvalue weighted by Gasteiger charge is 2.21. The second-order valence-corrected chi connectivity index (χ2v) is 6.49. The molecule has 1 aliphatic heterocycles. The minimum absolute atomic E-state index is 0. The maximum atomic E-state index is 5.60. The second kappa shape index (κ2) is 9.34. The van der Waals surface area contributed by atoms with Gasteiger partial charge in [-0.3, -0.25) is 4.99 Å². The van der Waals surface area contributed by atoms with Gasteiger partial charge in [-0.15, -0.1) is 24.0 Å². The highest BCUT2D eigenvalue weighted by atomic mass is 127. The van der Waals surface area contributed by atoms with E-state index in [2.05, 4.69) is 33.4 Å². The number of ether oxygens (including phenoxy) is 2. The van der Waals surface area contributed by atoms with Crippen molar-refractivity contribution in [1.82, 2.24) is 10.2 Å². The van der Waals surface area contributed by atoms with Gasteiger partial charge in [0.15, 0.2) is 17.5 Å². The van der Waals surface area contributed by atoms with Crippen LogP contribution in [-0.2, 0) is 19.5 Å². The van der Waals surface area contributed by atoms with Crippen LogP contribution in [0.3, 0.4) is 0 Å². The highest BCUT2D eigenvalue weighted by molar-refractivity contribution is 14.0. The van der Waals surface area contributed by atoms with Crippen LogP contribution in [0.15, 0.2) is 27.6 Å². The van der Waals surface area contributed by atoms with Gasteiger partial charge in [-0.25, -0.2) is 0 Å². The molecule has 2 aromatic rings. The Hall–Kier alpha value is -1.90. The summed E-state index contributed by atoms with van der Waals surface area (Å²) in [6.45, 7) is 6.35. The summed E-state index contributed by atoms with van der Waals surface area (Å²) in [5.41, 5.74) is 3.70. The number of methoxy groups -OCH3 is 2. The Morgan fingerprint density at radius 2 is 1.81 bits per heavy atom. The summed E-state index contributed by atoms with van der Waals surface area (Å²) >= 11 is 0. The van der Waals surface area contributed by atoms with Gasteiger partial charge < -0.3 is 24.1 Å². The lowest BCUT2D eigenvalue weighted by Gasteiger charge is -2.32. The third kappa shape index (κ3) is 4.69. The molecule has 3 rings (SSSR count). The first kappa shape index (κ1) is 21.4. The molecule has 0 aliphatic carbocycles. The van der Waals surface area contributed by atoms with Gasteiger partial charge in [-0.1, -0.05) is 0 Å². The Labute approximate surface area is 178 Å². The van der Waals surface area contributed by atoms with Crippen LogP contribution in [0.1, 0.15) is 28.2 Å². The number of guanidine groups is 1. The molecule has 0 atom stereocenters. The van der Waals surface area contributed by atoms with E-state index >= 15 is 0 Å². The Balaban J connectivity index is 0.00000261. The third-order valence-electron chi connectivity index (χ3n) is 4.81. The average Bonchev–Trinajstić information content (AvgIpc) is 2.98. The molecule has 1 aromatic heterocycles. The van der Waals surface area contributed by atoms with Crippen LogP contribution >= 0.6 is 24.0 Å². The zero-order chi connectivity index (χ0) is 18.7. The summed E-state index contributed by atoms with van der Waals surface area (Å²) in [4.78, 5) is 6.72. The van der Waals surface area contributed by atoms with E-state index in [0.717, 1.165) is 54.1 Å². The predicted molar refractivity (Wildman–Crippen MR) is 117 cm³/mol. The Morgan fingerprint density at radius 3 is 2.37 bits per heavy atom. The van der Waals surface area contributed by atoms with E-state index in [1.165, 1.54) is 11.1 Å². The van der Waals surface area contributed by atoms with Crippen molar-refractivity contribution < 1.29 is 13.9 Å². The molecular formula is C20H28IN3O3. The molecule has 6 nitrogen and oxygen atoms in total. The number of halogens is 1. The number of aryl methyl sites for hydroxylation is 2. The quantitative estimate of drug-likeness (QED) is 0.407. The van der Waals surface area contributed by atoms with Crippen molar-refractivity contribution in [1.29, 1.82) is 0 Å². The molecular weight excluding hydrogens is 457 g/mol. The van der Waals surface area contributed by atoms with Crippen molar-refractivity contribution in [2.75, 3.05) is 27.8 Å². The number of nitrogens with zero attached hydrogens (tertiary/aromatic N) is 2. The molecule has 0 fully saturated rings. The lowest BCUT2D eigenvalue weighted by atomic mass is 9.99. The molecule has 0 saturated heterocycles. The molecule has 1 aromatic carbocycles. The van der Waals surface area contributed by atoms with Crippen molar-refractivity contribution in [2.24, 2.45) is 4.99 Å². The molecule has 0 saturated carbocycles. The summed E-state index contributed by atoms with van der Waals surface area (Å²) in [7, 11) is 5.16. The summed E-state index contributed by atoms with van der Waals surface area (Å²) in [6.07, 6.45) is 0.945. The van der Waals surface area contributed by atoms with Crippen molar-refractivity contribution in [2.45, 2.75) is 33.4 Å². The second-order valence-electron chi connectivity index (χ2n) is 6.49. The molecule has 0 amide bonds. The molecule has 0 bridgehead atoms. The summed E-state index contributed by atoms with van der Waals surface area (Å²) < 4.78 is 16.5. The first-order valence-electron chi connectivity index (χ1n) is 8.81. The zero-order valence-corrected chi connectivity index (χ0v) is 18.9. The van der Waals surface area contributed by atoms with Crippen LogP contribution < -0.4 is 14.8 Å². The fourth-order valence-electron chi connectivity index (χ4n) is 3.43. The van der Waals surface area contributed by atoms with E-state index in [0.29, 0.717) is 6.54 Å². The molecule has 0 spiro atoms. The fourth-order valence-corrected chi connectivity index (χ4v) is 3.43.